The molecule has 2 saturated carbocycles. The van der Waals surface area contributed by atoms with Crippen LogP contribution in [0.25, 0.3) is 0 Å². The van der Waals surface area contributed by atoms with Gasteiger partial charge in [0.2, 0.25) is 5.91 Å². The topological polar surface area (TPSA) is 98.7 Å². The molecule has 3 aliphatic rings. The van der Waals surface area contributed by atoms with Crippen molar-refractivity contribution >= 4 is 17.9 Å². The van der Waals surface area contributed by atoms with Gasteiger partial charge in [0.1, 0.15) is 0 Å². The summed E-state index contributed by atoms with van der Waals surface area (Å²) in [7, 11) is 0. The summed E-state index contributed by atoms with van der Waals surface area (Å²) < 4.78 is 0. The minimum atomic E-state index is -0.741. The number of urea groups is 1. The van der Waals surface area contributed by atoms with E-state index >= 15 is 0 Å². The number of carbonyl (C=O) groups excluding carboxylic acids is 2. The minimum Gasteiger partial charge on any atom is -0.481 e. The Labute approximate surface area is 148 Å². The van der Waals surface area contributed by atoms with E-state index in [1.54, 1.807) is 0 Å². The quantitative estimate of drug-likeness (QED) is 0.720. The number of nitrogens with zero attached hydrogens (tertiary/aromatic N) is 1. The lowest BCUT2D eigenvalue weighted by Crippen LogP contribution is -2.48. The van der Waals surface area contributed by atoms with Gasteiger partial charge in [-0.1, -0.05) is 19.3 Å². The van der Waals surface area contributed by atoms with Gasteiger partial charge < -0.3 is 20.6 Å². The SMILES string of the molecule is O=C(NC1CCC(C(=O)O)CC1)NC1CC(=O)N(C2CCCCC2)C1. The number of hydrogen-bond acceptors (Lipinski definition) is 3. The van der Waals surface area contributed by atoms with E-state index in [-0.39, 0.29) is 29.9 Å². The molecule has 7 nitrogen and oxygen atoms in total. The van der Waals surface area contributed by atoms with Crippen molar-refractivity contribution in [3.8, 4) is 0 Å². The van der Waals surface area contributed by atoms with Crippen molar-refractivity contribution in [2.24, 2.45) is 5.92 Å². The molecule has 3 fully saturated rings. The van der Waals surface area contributed by atoms with Gasteiger partial charge in [-0.05, 0) is 38.5 Å². The van der Waals surface area contributed by atoms with E-state index in [4.69, 9.17) is 5.11 Å². The van der Waals surface area contributed by atoms with Crippen molar-refractivity contribution in [2.75, 3.05) is 6.54 Å². The molecule has 140 valence electrons. The Morgan fingerprint density at radius 2 is 1.56 bits per heavy atom. The number of carbonyl (C=O) groups is 3. The van der Waals surface area contributed by atoms with Crippen LogP contribution in [-0.4, -0.2) is 52.6 Å². The fourth-order valence-corrected chi connectivity index (χ4v) is 4.47. The smallest absolute Gasteiger partial charge is 0.315 e. The van der Waals surface area contributed by atoms with Crippen LogP contribution >= 0.6 is 0 Å². The molecule has 3 N–H and O–H groups in total. The molecule has 0 bridgehead atoms. The molecule has 3 rings (SSSR count). The maximum absolute atomic E-state index is 12.3. The van der Waals surface area contributed by atoms with E-state index in [9.17, 15) is 14.4 Å². The molecule has 0 aromatic rings. The normalized spacial score (nSPS) is 31.0. The van der Waals surface area contributed by atoms with Crippen LogP contribution in [-0.2, 0) is 9.59 Å². The lowest BCUT2D eigenvalue weighted by molar-refractivity contribution is -0.142. The van der Waals surface area contributed by atoms with Gasteiger partial charge in [-0.25, -0.2) is 4.79 Å². The van der Waals surface area contributed by atoms with Gasteiger partial charge in [-0.2, -0.15) is 0 Å². The zero-order valence-corrected chi connectivity index (χ0v) is 14.7. The summed E-state index contributed by atoms with van der Waals surface area (Å²) in [6.45, 7) is 0.614. The highest BCUT2D eigenvalue weighted by Crippen LogP contribution is 2.27. The third kappa shape index (κ3) is 4.64. The van der Waals surface area contributed by atoms with Crippen LogP contribution in [0.5, 0.6) is 0 Å². The highest BCUT2D eigenvalue weighted by atomic mass is 16.4. The van der Waals surface area contributed by atoms with Crippen molar-refractivity contribution < 1.29 is 19.5 Å². The summed E-state index contributed by atoms with van der Waals surface area (Å²) in [5.41, 5.74) is 0. The fraction of sp³-hybridized carbons (Fsp3) is 0.833. The first-order valence-corrected chi connectivity index (χ1v) is 9.62. The first-order chi connectivity index (χ1) is 12.0. The van der Waals surface area contributed by atoms with Gasteiger partial charge in [0.15, 0.2) is 0 Å². The Kier molecular flexibility index (Phi) is 5.81. The predicted molar refractivity (Wildman–Crippen MR) is 92.0 cm³/mol. The Morgan fingerprint density at radius 3 is 2.20 bits per heavy atom. The number of amides is 3. The largest absolute Gasteiger partial charge is 0.481 e. The second-order valence-electron chi connectivity index (χ2n) is 7.74. The van der Waals surface area contributed by atoms with Crippen LogP contribution in [0, 0.1) is 5.92 Å². The van der Waals surface area contributed by atoms with E-state index in [2.05, 4.69) is 10.6 Å². The second kappa shape index (κ2) is 8.06. The van der Waals surface area contributed by atoms with Crippen molar-refractivity contribution in [1.82, 2.24) is 15.5 Å². The van der Waals surface area contributed by atoms with Crippen molar-refractivity contribution in [3.63, 3.8) is 0 Å². The summed E-state index contributed by atoms with van der Waals surface area (Å²) >= 11 is 0. The molecule has 7 heteroatoms. The zero-order valence-electron chi connectivity index (χ0n) is 14.7. The van der Waals surface area contributed by atoms with E-state index in [1.165, 1.54) is 19.3 Å². The molecule has 1 unspecified atom stereocenters. The molecule has 2 aliphatic carbocycles. The highest BCUT2D eigenvalue weighted by molar-refractivity contribution is 5.82. The Balaban J connectivity index is 1.41. The number of carboxylic acids is 1. The number of likely N-dealkylation sites (tertiary alicyclic amines) is 1. The van der Waals surface area contributed by atoms with Gasteiger partial charge in [0.25, 0.3) is 0 Å². The highest BCUT2D eigenvalue weighted by Gasteiger charge is 2.35. The van der Waals surface area contributed by atoms with Gasteiger partial charge >= 0.3 is 12.0 Å². The van der Waals surface area contributed by atoms with Crippen molar-refractivity contribution in [3.05, 3.63) is 0 Å². The predicted octanol–water partition coefficient (Wildman–Crippen LogP) is 1.86. The van der Waals surface area contributed by atoms with Crippen LogP contribution in [0.3, 0.4) is 0 Å². The fourth-order valence-electron chi connectivity index (χ4n) is 4.47. The second-order valence-corrected chi connectivity index (χ2v) is 7.74. The molecule has 1 saturated heterocycles. The molecule has 1 aliphatic heterocycles. The number of rotatable bonds is 4. The molecule has 1 atom stereocenters. The average molecular weight is 351 g/mol. The zero-order chi connectivity index (χ0) is 17.8. The van der Waals surface area contributed by atoms with Crippen molar-refractivity contribution in [1.29, 1.82) is 0 Å². The molecular formula is C18H29N3O4. The van der Waals surface area contributed by atoms with Crippen LogP contribution in [0.4, 0.5) is 4.79 Å². The number of hydrogen-bond donors (Lipinski definition) is 3. The number of carboxylic acid groups (broad SMARTS) is 1. The first kappa shape index (κ1) is 18.0. The van der Waals surface area contributed by atoms with Crippen molar-refractivity contribution in [2.45, 2.75) is 82.3 Å². The third-order valence-corrected chi connectivity index (χ3v) is 5.92. The number of nitrogens with one attached hydrogen (secondary N) is 2. The minimum absolute atomic E-state index is 0.0298. The monoisotopic (exact) mass is 351 g/mol. The molecule has 0 aromatic heterocycles. The molecule has 25 heavy (non-hydrogen) atoms. The first-order valence-electron chi connectivity index (χ1n) is 9.62. The maximum Gasteiger partial charge on any atom is 0.315 e. The third-order valence-electron chi connectivity index (χ3n) is 5.92. The Bertz CT molecular complexity index is 510. The maximum atomic E-state index is 12.3. The molecule has 1 heterocycles. The van der Waals surface area contributed by atoms with E-state index in [0.717, 1.165) is 12.8 Å². The van der Waals surface area contributed by atoms with E-state index < -0.39 is 5.97 Å². The summed E-state index contributed by atoms with van der Waals surface area (Å²) in [6, 6.07) is 0.0245. The van der Waals surface area contributed by atoms with Crippen LogP contribution < -0.4 is 10.6 Å². The Hall–Kier alpha value is -1.79. The van der Waals surface area contributed by atoms with Crippen LogP contribution in [0.15, 0.2) is 0 Å². The van der Waals surface area contributed by atoms with Gasteiger partial charge in [0, 0.05) is 25.0 Å². The van der Waals surface area contributed by atoms with Crippen LogP contribution in [0.2, 0.25) is 0 Å². The van der Waals surface area contributed by atoms with Gasteiger partial charge in [-0.15, -0.1) is 0 Å². The lowest BCUT2D eigenvalue weighted by atomic mass is 9.86. The molecular weight excluding hydrogens is 322 g/mol. The van der Waals surface area contributed by atoms with E-state index in [0.29, 0.717) is 44.7 Å². The molecule has 3 amide bonds. The average Bonchev–Trinajstić information content (AvgIpc) is 2.96. The molecule has 0 aromatic carbocycles. The summed E-state index contributed by atoms with van der Waals surface area (Å²) in [5.74, 6) is -0.869. The van der Waals surface area contributed by atoms with Gasteiger partial charge in [0.05, 0.1) is 12.0 Å². The van der Waals surface area contributed by atoms with Gasteiger partial charge in [-0.3, -0.25) is 9.59 Å². The molecule has 0 spiro atoms. The summed E-state index contributed by atoms with van der Waals surface area (Å²) in [6.07, 6.45) is 8.79. The van der Waals surface area contributed by atoms with Crippen LogP contribution in [0.1, 0.15) is 64.2 Å². The number of aliphatic carboxylic acids is 1. The summed E-state index contributed by atoms with van der Waals surface area (Å²) in [5, 5.41) is 14.9. The lowest BCUT2D eigenvalue weighted by Gasteiger charge is -2.31. The summed E-state index contributed by atoms with van der Waals surface area (Å²) in [4.78, 5) is 37.4. The molecule has 0 radical (unpaired) electrons. The Morgan fingerprint density at radius 1 is 0.920 bits per heavy atom. The van der Waals surface area contributed by atoms with E-state index in [1.807, 2.05) is 4.90 Å². The standard InChI is InChI=1S/C18H29N3O4/c22-16-10-14(11-21(16)15-4-2-1-3-5-15)20-18(25)19-13-8-6-12(7-9-13)17(23)24/h12-15H,1-11H2,(H,23,24)(H2,19,20,25).